The molecular weight excluding hydrogens is 370 g/mol. The fourth-order valence-corrected chi connectivity index (χ4v) is 4.00. The van der Waals surface area contributed by atoms with Crippen molar-refractivity contribution in [1.82, 2.24) is 14.5 Å². The number of nitrogens with zero attached hydrogens (tertiary/aromatic N) is 2. The van der Waals surface area contributed by atoms with Crippen molar-refractivity contribution in [3.63, 3.8) is 0 Å². The van der Waals surface area contributed by atoms with Crippen LogP contribution in [-0.4, -0.2) is 65.3 Å². The summed E-state index contributed by atoms with van der Waals surface area (Å²) in [6.07, 6.45) is -5.46. The third-order valence-corrected chi connectivity index (χ3v) is 5.10. The second-order valence-corrected chi connectivity index (χ2v) is 6.92. The van der Waals surface area contributed by atoms with Crippen molar-refractivity contribution in [1.29, 1.82) is 0 Å². The molecule has 0 unspecified atom stereocenters. The van der Waals surface area contributed by atoms with Crippen LogP contribution in [0, 0.1) is 3.51 Å². The van der Waals surface area contributed by atoms with Gasteiger partial charge in [0.25, 0.3) is 0 Å². The molecule has 3 rings (SSSR count). The number of fused-ring (bicyclic) bond motifs is 1. The second kappa shape index (κ2) is 5.27. The summed E-state index contributed by atoms with van der Waals surface area (Å²) in [5.74, 6) is -0.105. The maximum atomic E-state index is 14.2. The van der Waals surface area contributed by atoms with Gasteiger partial charge in [-0.25, -0.2) is 0 Å². The van der Waals surface area contributed by atoms with Gasteiger partial charge in [-0.15, -0.1) is 0 Å². The first-order chi connectivity index (χ1) is 9.93. The minimum atomic E-state index is -1.76. The van der Waals surface area contributed by atoms with E-state index in [1.807, 2.05) is 0 Å². The summed E-state index contributed by atoms with van der Waals surface area (Å²) in [7, 11) is 0. The van der Waals surface area contributed by atoms with Crippen LogP contribution in [-0.2, 0) is 4.74 Å². The number of rotatable bonds is 2. The van der Waals surface area contributed by atoms with Gasteiger partial charge in [-0.3, -0.25) is 0 Å². The van der Waals surface area contributed by atoms with Gasteiger partial charge in [0, 0.05) is 0 Å². The monoisotopic (exact) mass is 382 g/mol. The SMILES string of the molecule is Nc1nc2c(sc(=[Se])n2[C@@H]2O[C@H](CO)[C@@H](O)[C@H]2F)c(=O)[nH]1. The molecule has 4 atom stereocenters. The van der Waals surface area contributed by atoms with E-state index in [1.54, 1.807) is 0 Å². The van der Waals surface area contributed by atoms with E-state index in [0.29, 0.717) is 3.51 Å². The van der Waals surface area contributed by atoms with E-state index in [9.17, 15) is 14.3 Å². The van der Waals surface area contributed by atoms with Gasteiger partial charge < -0.3 is 0 Å². The molecule has 0 spiro atoms. The topological polar surface area (TPSA) is 126 Å². The summed E-state index contributed by atoms with van der Waals surface area (Å²) >= 11 is 3.78. The Morgan fingerprint density at radius 1 is 1.62 bits per heavy atom. The van der Waals surface area contributed by atoms with Crippen molar-refractivity contribution < 1.29 is 19.3 Å². The van der Waals surface area contributed by atoms with E-state index in [0.717, 1.165) is 11.3 Å². The number of nitrogens with two attached hydrogens (primary N) is 1. The molecule has 0 aromatic carbocycles. The van der Waals surface area contributed by atoms with Gasteiger partial charge in [0.15, 0.2) is 0 Å². The van der Waals surface area contributed by atoms with E-state index in [-0.39, 0.29) is 16.3 Å². The van der Waals surface area contributed by atoms with Crippen LogP contribution in [0.25, 0.3) is 10.3 Å². The molecule has 5 N–H and O–H groups in total. The van der Waals surface area contributed by atoms with Crippen LogP contribution in [0.3, 0.4) is 0 Å². The molecule has 1 fully saturated rings. The van der Waals surface area contributed by atoms with E-state index >= 15 is 0 Å². The van der Waals surface area contributed by atoms with Gasteiger partial charge in [0.2, 0.25) is 0 Å². The van der Waals surface area contributed by atoms with Gasteiger partial charge in [-0.05, 0) is 0 Å². The number of hydrogen-bond donors (Lipinski definition) is 4. The summed E-state index contributed by atoms with van der Waals surface area (Å²) in [4.78, 5) is 18.2. The molecular formula is C10H11FN4O4SSe. The van der Waals surface area contributed by atoms with E-state index in [4.69, 9.17) is 15.6 Å². The fraction of sp³-hybridized carbons (Fsp3) is 0.500. The van der Waals surface area contributed by atoms with Crippen LogP contribution in [0.1, 0.15) is 6.23 Å². The third-order valence-electron chi connectivity index (χ3n) is 3.22. The van der Waals surface area contributed by atoms with Crippen molar-refractivity contribution in [2.45, 2.75) is 24.6 Å². The molecule has 114 valence electrons. The summed E-state index contributed by atoms with van der Waals surface area (Å²) < 4.78 is 21.6. The Balaban J connectivity index is 2.20. The number of nitrogens with one attached hydrogen (secondary N) is 1. The van der Waals surface area contributed by atoms with Gasteiger partial charge in [-0.2, -0.15) is 0 Å². The number of H-pyrrole nitrogens is 1. The number of ether oxygens (including phenoxy) is 1. The number of anilines is 1. The molecule has 0 aliphatic carbocycles. The maximum absolute atomic E-state index is 14.2. The van der Waals surface area contributed by atoms with Crippen LogP contribution >= 0.6 is 11.3 Å². The van der Waals surface area contributed by atoms with Crippen molar-refractivity contribution in [2.75, 3.05) is 12.3 Å². The first-order valence-corrected chi connectivity index (χ1v) is 7.60. The molecule has 2 aromatic heterocycles. The summed E-state index contributed by atoms with van der Waals surface area (Å²) in [5.41, 5.74) is 5.23. The molecule has 8 nitrogen and oxygen atoms in total. The number of nitrogen functional groups attached to an aromatic ring is 1. The van der Waals surface area contributed by atoms with Gasteiger partial charge in [-0.1, -0.05) is 0 Å². The predicted octanol–water partition coefficient (Wildman–Crippen LogP) is -1.34. The number of aromatic nitrogens is 3. The Bertz CT molecular complexity index is 804. The number of aliphatic hydroxyl groups excluding tert-OH is 2. The average Bonchev–Trinajstić information content (AvgIpc) is 2.89. The van der Waals surface area contributed by atoms with Gasteiger partial charge in [0.1, 0.15) is 0 Å². The zero-order chi connectivity index (χ0) is 15.3. The Labute approximate surface area is 128 Å². The quantitative estimate of drug-likeness (QED) is 0.477. The van der Waals surface area contributed by atoms with Crippen molar-refractivity contribution >= 4 is 43.2 Å². The minimum absolute atomic E-state index is 0.105. The fourth-order valence-electron chi connectivity index (χ4n) is 2.23. The van der Waals surface area contributed by atoms with Crippen LogP contribution in [0.15, 0.2) is 4.79 Å². The molecule has 3 heterocycles. The van der Waals surface area contributed by atoms with Crippen LogP contribution in [0.2, 0.25) is 0 Å². The van der Waals surface area contributed by atoms with E-state index in [1.165, 1.54) is 4.57 Å². The Morgan fingerprint density at radius 2 is 2.33 bits per heavy atom. The summed E-state index contributed by atoms with van der Waals surface area (Å²) in [5, 5.41) is 18.8. The Kier molecular flexibility index (Phi) is 3.72. The van der Waals surface area contributed by atoms with Gasteiger partial charge in [0.05, 0.1) is 0 Å². The molecule has 0 radical (unpaired) electrons. The van der Waals surface area contributed by atoms with Crippen molar-refractivity contribution in [3.05, 3.63) is 13.9 Å². The normalized spacial score (nSPS) is 29.3. The van der Waals surface area contributed by atoms with E-state index in [2.05, 4.69) is 25.5 Å². The molecule has 21 heavy (non-hydrogen) atoms. The predicted molar refractivity (Wildman–Crippen MR) is 73.5 cm³/mol. The zero-order valence-corrected chi connectivity index (χ0v) is 12.9. The van der Waals surface area contributed by atoms with Crippen LogP contribution < -0.4 is 11.3 Å². The van der Waals surface area contributed by atoms with Crippen LogP contribution in [0.4, 0.5) is 10.3 Å². The molecule has 0 amide bonds. The standard InChI is InChI=1S/C10H11FN4O4SSe/c11-3-4(17)2(1-16)19-8(3)15-6-5(20-10(15)21)7(18)14-9(12)13-6/h2-4,8,16-17H,1H2,(H3,12,13,14,18)/t2-,3-,4-,8-/m1/s1. The van der Waals surface area contributed by atoms with Crippen LogP contribution in [0.5, 0.6) is 0 Å². The second-order valence-electron chi connectivity index (χ2n) is 4.52. The molecule has 1 saturated heterocycles. The Morgan fingerprint density at radius 3 is 2.95 bits per heavy atom. The number of aliphatic hydroxyl groups is 2. The zero-order valence-electron chi connectivity index (χ0n) is 10.4. The molecule has 11 heteroatoms. The number of alkyl halides is 1. The number of aromatic amines is 1. The van der Waals surface area contributed by atoms with Gasteiger partial charge >= 0.3 is 128 Å². The average molecular weight is 381 g/mol. The first kappa shape index (κ1) is 14.8. The van der Waals surface area contributed by atoms with Crippen molar-refractivity contribution in [2.24, 2.45) is 0 Å². The number of thiazole rings is 1. The number of halogens is 1. The summed E-state index contributed by atoms with van der Waals surface area (Å²) in [6, 6.07) is 0. The van der Waals surface area contributed by atoms with Crippen molar-refractivity contribution in [3.8, 4) is 0 Å². The Hall–Kier alpha value is -1.10. The molecule has 2 aromatic rings. The number of hydrogen-bond acceptors (Lipinski definition) is 7. The third kappa shape index (κ3) is 2.26. The molecule has 0 saturated carbocycles. The first-order valence-electron chi connectivity index (χ1n) is 5.93. The molecule has 1 aliphatic heterocycles. The summed E-state index contributed by atoms with van der Waals surface area (Å²) in [6.45, 7) is -0.514. The van der Waals surface area contributed by atoms with E-state index < -0.39 is 36.8 Å². The molecule has 1 aliphatic rings. The molecule has 0 bridgehead atoms.